The highest BCUT2D eigenvalue weighted by molar-refractivity contribution is 5.85. The Morgan fingerprint density at radius 3 is 2.85 bits per heavy atom. The van der Waals surface area contributed by atoms with E-state index in [9.17, 15) is 4.79 Å². The number of carbonyl (C=O) groups is 1. The number of para-hydroxylation sites is 1. The lowest BCUT2D eigenvalue weighted by Crippen LogP contribution is -2.51. The van der Waals surface area contributed by atoms with Crippen LogP contribution in [0.3, 0.4) is 0 Å². The van der Waals surface area contributed by atoms with E-state index in [1.54, 1.807) is 6.92 Å². The number of carbonyl (C=O) groups excluding carboxylic acids is 1. The molecule has 0 saturated carbocycles. The summed E-state index contributed by atoms with van der Waals surface area (Å²) in [5.74, 6) is -0.0719. The molecular weight excluding hydrogens is 250 g/mol. The smallest absolute Gasteiger partial charge is 0.239 e. The first-order valence-electron chi connectivity index (χ1n) is 7.15. The van der Waals surface area contributed by atoms with Gasteiger partial charge < -0.3 is 15.6 Å². The van der Waals surface area contributed by atoms with Gasteiger partial charge in [-0.15, -0.1) is 0 Å². The Hall–Kier alpha value is -1.81. The number of amides is 1. The SMILES string of the molecule is CCC(C)(N)C(=O)NCCCn1ccc2ccccc21. The number of hydrogen-bond donors (Lipinski definition) is 2. The molecule has 1 heterocycles. The molecule has 1 unspecified atom stereocenters. The summed E-state index contributed by atoms with van der Waals surface area (Å²) in [6, 6.07) is 10.4. The second-order valence-electron chi connectivity index (χ2n) is 5.45. The predicted octanol–water partition coefficient (Wildman–Crippen LogP) is 2.28. The molecule has 0 aliphatic rings. The molecule has 1 aromatic heterocycles. The fraction of sp³-hybridized carbons (Fsp3) is 0.438. The lowest BCUT2D eigenvalue weighted by atomic mass is 10.00. The van der Waals surface area contributed by atoms with Crippen LogP contribution in [0.1, 0.15) is 26.7 Å². The number of aryl methyl sites for hydroxylation is 1. The van der Waals surface area contributed by atoms with E-state index < -0.39 is 5.54 Å². The molecular formula is C16H23N3O. The molecule has 2 aromatic rings. The molecule has 0 saturated heterocycles. The first-order chi connectivity index (χ1) is 9.54. The van der Waals surface area contributed by atoms with Crippen molar-refractivity contribution in [3.8, 4) is 0 Å². The maximum Gasteiger partial charge on any atom is 0.239 e. The van der Waals surface area contributed by atoms with Crippen LogP contribution in [-0.2, 0) is 11.3 Å². The Morgan fingerprint density at radius 2 is 2.10 bits per heavy atom. The molecule has 20 heavy (non-hydrogen) atoms. The van der Waals surface area contributed by atoms with Gasteiger partial charge in [0.15, 0.2) is 0 Å². The second-order valence-corrected chi connectivity index (χ2v) is 5.45. The minimum absolute atomic E-state index is 0.0719. The average molecular weight is 273 g/mol. The van der Waals surface area contributed by atoms with Crippen LogP contribution in [0.4, 0.5) is 0 Å². The Morgan fingerprint density at radius 1 is 1.35 bits per heavy atom. The van der Waals surface area contributed by atoms with Crippen LogP contribution >= 0.6 is 0 Å². The van der Waals surface area contributed by atoms with Gasteiger partial charge in [0, 0.05) is 24.8 Å². The number of nitrogens with zero attached hydrogens (tertiary/aromatic N) is 1. The van der Waals surface area contributed by atoms with E-state index >= 15 is 0 Å². The van der Waals surface area contributed by atoms with Crippen LogP contribution in [0.25, 0.3) is 10.9 Å². The van der Waals surface area contributed by atoms with Crippen LogP contribution in [0.15, 0.2) is 36.5 Å². The predicted molar refractivity (Wildman–Crippen MR) is 82.4 cm³/mol. The van der Waals surface area contributed by atoms with Crippen LogP contribution in [-0.4, -0.2) is 22.6 Å². The summed E-state index contributed by atoms with van der Waals surface area (Å²) in [5, 5.41) is 4.15. The number of hydrogen-bond acceptors (Lipinski definition) is 2. The molecule has 4 heteroatoms. The third-order valence-corrected chi connectivity index (χ3v) is 3.79. The van der Waals surface area contributed by atoms with E-state index in [4.69, 9.17) is 5.73 Å². The van der Waals surface area contributed by atoms with Gasteiger partial charge in [-0.05, 0) is 37.3 Å². The molecule has 3 N–H and O–H groups in total. The van der Waals surface area contributed by atoms with Crippen molar-refractivity contribution in [2.24, 2.45) is 5.73 Å². The minimum Gasteiger partial charge on any atom is -0.354 e. The largest absolute Gasteiger partial charge is 0.354 e. The standard InChI is InChI=1S/C16H23N3O/c1-3-16(2,17)15(20)18-10-6-11-19-12-9-13-7-4-5-8-14(13)19/h4-5,7-9,12H,3,6,10-11,17H2,1-2H3,(H,18,20). The number of rotatable bonds is 6. The number of nitrogens with two attached hydrogens (primary N) is 1. The third kappa shape index (κ3) is 3.20. The van der Waals surface area contributed by atoms with Crippen molar-refractivity contribution in [2.45, 2.75) is 38.8 Å². The molecule has 1 atom stereocenters. The van der Waals surface area contributed by atoms with Gasteiger partial charge >= 0.3 is 0 Å². The maximum atomic E-state index is 11.8. The van der Waals surface area contributed by atoms with Crippen LogP contribution in [0.5, 0.6) is 0 Å². The first kappa shape index (κ1) is 14.6. The average Bonchev–Trinajstić information content (AvgIpc) is 2.86. The van der Waals surface area contributed by atoms with Crippen LogP contribution in [0.2, 0.25) is 0 Å². The fourth-order valence-electron chi connectivity index (χ4n) is 2.15. The zero-order chi connectivity index (χ0) is 14.6. The van der Waals surface area contributed by atoms with Crippen molar-refractivity contribution in [2.75, 3.05) is 6.54 Å². The number of aromatic nitrogens is 1. The molecule has 108 valence electrons. The number of benzene rings is 1. The van der Waals surface area contributed by atoms with Crippen molar-refractivity contribution in [1.29, 1.82) is 0 Å². The monoisotopic (exact) mass is 273 g/mol. The molecule has 4 nitrogen and oxygen atoms in total. The van der Waals surface area contributed by atoms with Gasteiger partial charge in [-0.1, -0.05) is 25.1 Å². The molecule has 0 radical (unpaired) electrons. The summed E-state index contributed by atoms with van der Waals surface area (Å²) < 4.78 is 2.21. The van der Waals surface area contributed by atoms with Crippen molar-refractivity contribution < 1.29 is 4.79 Å². The zero-order valence-electron chi connectivity index (χ0n) is 12.2. The molecule has 0 spiro atoms. The van der Waals surface area contributed by atoms with Gasteiger partial charge in [0.1, 0.15) is 0 Å². The van der Waals surface area contributed by atoms with Crippen molar-refractivity contribution >= 4 is 16.8 Å². The first-order valence-corrected chi connectivity index (χ1v) is 7.15. The van der Waals surface area contributed by atoms with Gasteiger partial charge in [-0.2, -0.15) is 0 Å². The molecule has 0 aliphatic heterocycles. The summed E-state index contributed by atoms with van der Waals surface area (Å²) in [7, 11) is 0. The van der Waals surface area contributed by atoms with E-state index in [1.165, 1.54) is 10.9 Å². The molecule has 1 aromatic carbocycles. The van der Waals surface area contributed by atoms with Gasteiger partial charge in [0.05, 0.1) is 5.54 Å². The van der Waals surface area contributed by atoms with Crippen molar-refractivity contribution in [3.63, 3.8) is 0 Å². The molecule has 1 amide bonds. The van der Waals surface area contributed by atoms with Crippen LogP contribution in [0, 0.1) is 0 Å². The Labute approximate surface area is 120 Å². The van der Waals surface area contributed by atoms with E-state index in [2.05, 4.69) is 34.3 Å². The topological polar surface area (TPSA) is 60.1 Å². The van der Waals surface area contributed by atoms with Crippen molar-refractivity contribution in [1.82, 2.24) is 9.88 Å². The highest BCUT2D eigenvalue weighted by atomic mass is 16.2. The van der Waals surface area contributed by atoms with Crippen LogP contribution < -0.4 is 11.1 Å². The summed E-state index contributed by atoms with van der Waals surface area (Å²) in [6.07, 6.45) is 3.62. The number of fused-ring (bicyclic) bond motifs is 1. The Balaban J connectivity index is 1.83. The Bertz CT molecular complexity index is 586. The fourth-order valence-corrected chi connectivity index (χ4v) is 2.15. The van der Waals surface area contributed by atoms with E-state index in [0.29, 0.717) is 13.0 Å². The molecule has 2 rings (SSSR count). The van der Waals surface area contributed by atoms with Gasteiger partial charge in [0.2, 0.25) is 5.91 Å². The quantitative estimate of drug-likeness (QED) is 0.793. The second kappa shape index (κ2) is 6.09. The zero-order valence-corrected chi connectivity index (χ0v) is 12.2. The Kier molecular flexibility index (Phi) is 4.45. The van der Waals surface area contributed by atoms with Gasteiger partial charge in [0.25, 0.3) is 0 Å². The minimum atomic E-state index is -0.764. The molecule has 0 bridgehead atoms. The van der Waals surface area contributed by atoms with Crippen molar-refractivity contribution in [3.05, 3.63) is 36.5 Å². The highest BCUT2D eigenvalue weighted by Crippen LogP contribution is 2.15. The van der Waals surface area contributed by atoms with E-state index in [1.807, 2.05) is 19.1 Å². The number of nitrogens with one attached hydrogen (secondary N) is 1. The third-order valence-electron chi connectivity index (χ3n) is 3.79. The maximum absolute atomic E-state index is 11.8. The molecule has 0 fully saturated rings. The lowest BCUT2D eigenvalue weighted by Gasteiger charge is -2.21. The van der Waals surface area contributed by atoms with E-state index in [0.717, 1.165) is 13.0 Å². The molecule has 0 aliphatic carbocycles. The normalized spacial score (nSPS) is 14.2. The van der Waals surface area contributed by atoms with Gasteiger partial charge in [-0.25, -0.2) is 0 Å². The summed E-state index contributed by atoms with van der Waals surface area (Å²) in [6.45, 7) is 5.23. The summed E-state index contributed by atoms with van der Waals surface area (Å²) in [5.41, 5.74) is 6.36. The lowest BCUT2D eigenvalue weighted by molar-refractivity contribution is -0.125. The van der Waals surface area contributed by atoms with E-state index in [-0.39, 0.29) is 5.91 Å². The summed E-state index contributed by atoms with van der Waals surface area (Å²) in [4.78, 5) is 11.8. The summed E-state index contributed by atoms with van der Waals surface area (Å²) >= 11 is 0. The van der Waals surface area contributed by atoms with Gasteiger partial charge in [-0.3, -0.25) is 4.79 Å². The highest BCUT2D eigenvalue weighted by Gasteiger charge is 2.25.